The number of fused-ring (bicyclic) bond motifs is 1. The number of para-hydroxylation sites is 1. The zero-order valence-electron chi connectivity index (χ0n) is 13.4. The van der Waals surface area contributed by atoms with Crippen LogP contribution in [0.4, 0.5) is 5.69 Å². The molecule has 0 unspecified atom stereocenters. The Morgan fingerprint density at radius 2 is 2.12 bits per heavy atom. The molecule has 8 heteroatoms. The smallest absolute Gasteiger partial charge is 0.308 e. The van der Waals surface area contributed by atoms with Crippen molar-refractivity contribution in [3.63, 3.8) is 0 Å². The molecule has 130 valence electrons. The van der Waals surface area contributed by atoms with Gasteiger partial charge in [-0.2, -0.15) is 0 Å². The minimum atomic E-state index is -0.514. The Morgan fingerprint density at radius 1 is 1.33 bits per heavy atom. The quantitative estimate of drug-likeness (QED) is 0.551. The number of esters is 1. The lowest BCUT2D eigenvalue weighted by atomic mass is 10.2. The summed E-state index contributed by atoms with van der Waals surface area (Å²) in [6.07, 6.45) is 0.0378. The Hall–Kier alpha value is -2.06. The van der Waals surface area contributed by atoms with Crippen LogP contribution in [0.15, 0.2) is 29.2 Å². The Labute approximate surface area is 144 Å². The fourth-order valence-corrected chi connectivity index (χ4v) is 3.10. The van der Waals surface area contributed by atoms with E-state index in [9.17, 15) is 14.4 Å². The molecule has 1 aliphatic rings. The standard InChI is InChI=1S/C16H20N2O5S/c1-22-9-7-17-14(19)10-23-16(21)6-8-18-12-4-2-3-5-13(12)24-11-15(18)20/h2-5H,6-11H2,1H3,(H,17,19). The van der Waals surface area contributed by atoms with Gasteiger partial charge in [0.1, 0.15) is 0 Å². The van der Waals surface area contributed by atoms with Gasteiger partial charge in [0.05, 0.1) is 24.5 Å². The summed E-state index contributed by atoms with van der Waals surface area (Å²) in [7, 11) is 1.53. The number of carbonyl (C=O) groups excluding carboxylic acids is 3. The second-order valence-corrected chi connectivity index (χ2v) is 6.07. The lowest BCUT2D eigenvalue weighted by Gasteiger charge is -2.28. The highest BCUT2D eigenvalue weighted by Crippen LogP contribution is 2.34. The first-order valence-electron chi connectivity index (χ1n) is 7.55. The average Bonchev–Trinajstić information content (AvgIpc) is 2.59. The van der Waals surface area contributed by atoms with Gasteiger partial charge in [-0.05, 0) is 12.1 Å². The van der Waals surface area contributed by atoms with Gasteiger partial charge >= 0.3 is 5.97 Å². The van der Waals surface area contributed by atoms with E-state index < -0.39 is 5.97 Å². The number of nitrogens with one attached hydrogen (secondary N) is 1. The molecule has 0 aliphatic carbocycles. The second-order valence-electron chi connectivity index (χ2n) is 5.06. The van der Waals surface area contributed by atoms with Crippen molar-refractivity contribution in [1.29, 1.82) is 0 Å². The molecule has 1 heterocycles. The molecule has 0 radical (unpaired) electrons. The van der Waals surface area contributed by atoms with Crippen molar-refractivity contribution in [3.05, 3.63) is 24.3 Å². The summed E-state index contributed by atoms with van der Waals surface area (Å²) in [5, 5.41) is 2.56. The number of thioether (sulfide) groups is 1. The molecule has 1 aliphatic heterocycles. The Morgan fingerprint density at radius 3 is 2.92 bits per heavy atom. The number of ether oxygens (including phenoxy) is 2. The topological polar surface area (TPSA) is 84.9 Å². The number of methoxy groups -OCH3 is 1. The van der Waals surface area contributed by atoms with Crippen LogP contribution in [0.2, 0.25) is 0 Å². The van der Waals surface area contributed by atoms with Crippen LogP contribution < -0.4 is 10.2 Å². The molecule has 0 spiro atoms. The summed E-state index contributed by atoms with van der Waals surface area (Å²) < 4.78 is 9.71. The van der Waals surface area contributed by atoms with E-state index in [0.29, 0.717) is 18.9 Å². The van der Waals surface area contributed by atoms with Crippen molar-refractivity contribution in [2.24, 2.45) is 0 Å². The van der Waals surface area contributed by atoms with Gasteiger partial charge in [-0.3, -0.25) is 14.4 Å². The Bertz CT molecular complexity index is 608. The summed E-state index contributed by atoms with van der Waals surface area (Å²) in [6.45, 7) is 0.668. The maximum atomic E-state index is 12.1. The van der Waals surface area contributed by atoms with Gasteiger partial charge in [-0.25, -0.2) is 0 Å². The van der Waals surface area contributed by atoms with E-state index in [2.05, 4.69) is 5.32 Å². The van der Waals surface area contributed by atoms with E-state index >= 15 is 0 Å². The molecule has 1 aromatic rings. The van der Waals surface area contributed by atoms with Crippen LogP contribution in [0.5, 0.6) is 0 Å². The van der Waals surface area contributed by atoms with Crippen molar-refractivity contribution >= 4 is 35.2 Å². The summed E-state index contributed by atoms with van der Waals surface area (Å²) in [5.74, 6) is -0.575. The largest absolute Gasteiger partial charge is 0.456 e. The summed E-state index contributed by atoms with van der Waals surface area (Å²) in [5.41, 5.74) is 0.809. The lowest BCUT2D eigenvalue weighted by Crippen LogP contribution is -2.37. The van der Waals surface area contributed by atoms with Crippen LogP contribution in [-0.4, -0.2) is 56.9 Å². The molecule has 7 nitrogen and oxygen atoms in total. The average molecular weight is 352 g/mol. The fraction of sp³-hybridized carbons (Fsp3) is 0.438. The number of rotatable bonds is 8. The predicted octanol–water partition coefficient (Wildman–Crippen LogP) is 0.821. The van der Waals surface area contributed by atoms with E-state index in [1.807, 2.05) is 24.3 Å². The fourth-order valence-electron chi connectivity index (χ4n) is 2.16. The van der Waals surface area contributed by atoms with E-state index in [1.54, 1.807) is 4.90 Å². The molecule has 1 N–H and O–H groups in total. The van der Waals surface area contributed by atoms with Crippen LogP contribution in [0, 0.1) is 0 Å². The van der Waals surface area contributed by atoms with Gasteiger partial charge < -0.3 is 19.7 Å². The number of hydrogen-bond acceptors (Lipinski definition) is 6. The highest BCUT2D eigenvalue weighted by molar-refractivity contribution is 8.00. The second kappa shape index (κ2) is 9.29. The molecule has 0 saturated carbocycles. The number of anilines is 1. The van der Waals surface area contributed by atoms with Crippen molar-refractivity contribution < 1.29 is 23.9 Å². The van der Waals surface area contributed by atoms with Crippen LogP contribution in [0.3, 0.4) is 0 Å². The summed E-state index contributed by atoms with van der Waals surface area (Å²) in [4.78, 5) is 37.9. The minimum Gasteiger partial charge on any atom is -0.456 e. The molecule has 0 fully saturated rings. The number of hydrogen-bond donors (Lipinski definition) is 1. The molecular formula is C16H20N2O5S. The Kier molecular flexibility index (Phi) is 7.07. The molecular weight excluding hydrogens is 332 g/mol. The van der Waals surface area contributed by atoms with Crippen molar-refractivity contribution in [2.75, 3.05) is 44.1 Å². The predicted molar refractivity (Wildman–Crippen MR) is 90.0 cm³/mol. The maximum Gasteiger partial charge on any atom is 0.308 e. The SMILES string of the molecule is COCCNC(=O)COC(=O)CCN1C(=O)CSc2ccccc21. The third-order valence-corrected chi connectivity index (χ3v) is 4.39. The van der Waals surface area contributed by atoms with Gasteiger partial charge in [0, 0.05) is 25.1 Å². The highest BCUT2D eigenvalue weighted by Gasteiger charge is 2.24. The first kappa shape index (κ1) is 18.3. The van der Waals surface area contributed by atoms with E-state index in [-0.39, 0.29) is 31.4 Å². The number of nitrogens with zero attached hydrogens (tertiary/aromatic N) is 1. The molecule has 2 rings (SSSR count). The molecule has 2 amide bonds. The van der Waals surface area contributed by atoms with Gasteiger partial charge in [0.25, 0.3) is 5.91 Å². The Balaban J connectivity index is 1.77. The zero-order chi connectivity index (χ0) is 17.4. The minimum absolute atomic E-state index is 0.0378. The molecule has 0 saturated heterocycles. The lowest BCUT2D eigenvalue weighted by molar-refractivity contribution is -0.148. The van der Waals surface area contributed by atoms with Crippen LogP contribution in [0.1, 0.15) is 6.42 Å². The highest BCUT2D eigenvalue weighted by atomic mass is 32.2. The summed E-state index contributed by atoms with van der Waals surface area (Å²) >= 11 is 1.49. The normalized spacial score (nSPS) is 13.4. The molecule has 0 bridgehead atoms. The monoisotopic (exact) mass is 352 g/mol. The maximum absolute atomic E-state index is 12.1. The van der Waals surface area contributed by atoms with Crippen LogP contribution >= 0.6 is 11.8 Å². The summed E-state index contributed by atoms with van der Waals surface area (Å²) in [6, 6.07) is 7.57. The number of benzene rings is 1. The first-order chi connectivity index (χ1) is 11.6. The molecule has 0 aromatic heterocycles. The van der Waals surface area contributed by atoms with Gasteiger partial charge in [0.2, 0.25) is 5.91 Å². The van der Waals surface area contributed by atoms with Gasteiger partial charge in [-0.1, -0.05) is 12.1 Å². The third-order valence-electron chi connectivity index (χ3n) is 3.34. The van der Waals surface area contributed by atoms with E-state index in [4.69, 9.17) is 9.47 Å². The number of amides is 2. The molecule has 24 heavy (non-hydrogen) atoms. The first-order valence-corrected chi connectivity index (χ1v) is 8.54. The zero-order valence-corrected chi connectivity index (χ0v) is 14.3. The van der Waals surface area contributed by atoms with Gasteiger partial charge in [0.15, 0.2) is 6.61 Å². The van der Waals surface area contributed by atoms with Crippen LogP contribution in [-0.2, 0) is 23.9 Å². The van der Waals surface area contributed by atoms with Crippen molar-refractivity contribution in [2.45, 2.75) is 11.3 Å². The molecule has 1 aromatic carbocycles. The van der Waals surface area contributed by atoms with Crippen LogP contribution in [0.25, 0.3) is 0 Å². The van der Waals surface area contributed by atoms with Crippen molar-refractivity contribution in [1.82, 2.24) is 5.32 Å². The van der Waals surface area contributed by atoms with E-state index in [1.165, 1.54) is 18.9 Å². The third kappa shape index (κ3) is 5.24. The van der Waals surface area contributed by atoms with Gasteiger partial charge in [-0.15, -0.1) is 11.8 Å². The van der Waals surface area contributed by atoms with Crippen molar-refractivity contribution in [3.8, 4) is 0 Å². The van der Waals surface area contributed by atoms with E-state index in [0.717, 1.165) is 10.6 Å². The number of carbonyl (C=O) groups is 3. The molecule has 0 atom stereocenters.